The Labute approximate surface area is 183 Å². The number of rotatable bonds is 7. The summed E-state index contributed by atoms with van der Waals surface area (Å²) >= 11 is 6.32. The standard InChI is InChI=1S/C20H24ClN7O3/c1-4-16(30)28-7-12(14(9-28)11(2)29)10-31-19-17-15(21)6-22-18(17)25-20(26-19)24-13-5-23-27(3)8-13/h4-6,8,11-12,14,29H,1,7,9-10H2,2-3H3,(H2,22,24,25,26)/t11-,12+,14+/m0/s1. The Morgan fingerprint density at radius 3 is 3.00 bits per heavy atom. The van der Waals surface area contributed by atoms with Gasteiger partial charge in [0.15, 0.2) is 0 Å². The number of likely N-dealkylation sites (tertiary alicyclic amines) is 1. The maximum Gasteiger partial charge on any atom is 0.245 e. The van der Waals surface area contributed by atoms with E-state index < -0.39 is 6.10 Å². The number of halogens is 1. The number of amides is 1. The number of aryl methyl sites for hydroxylation is 1. The number of aromatic nitrogens is 5. The number of hydrogen-bond acceptors (Lipinski definition) is 7. The van der Waals surface area contributed by atoms with Crippen LogP contribution in [0.25, 0.3) is 11.0 Å². The molecule has 0 aliphatic carbocycles. The molecule has 3 aromatic rings. The highest BCUT2D eigenvalue weighted by Gasteiger charge is 2.37. The van der Waals surface area contributed by atoms with Crippen LogP contribution in [0.15, 0.2) is 31.2 Å². The lowest BCUT2D eigenvalue weighted by atomic mass is 9.92. The van der Waals surface area contributed by atoms with Crippen LogP contribution in [0.1, 0.15) is 6.92 Å². The predicted octanol–water partition coefficient (Wildman–Crippen LogP) is 2.11. The summed E-state index contributed by atoms with van der Waals surface area (Å²) in [6.45, 7) is 6.45. The molecule has 31 heavy (non-hydrogen) atoms. The quantitative estimate of drug-likeness (QED) is 0.476. The molecule has 4 heterocycles. The highest BCUT2D eigenvalue weighted by Crippen LogP contribution is 2.33. The van der Waals surface area contributed by atoms with Gasteiger partial charge in [0.25, 0.3) is 0 Å². The summed E-state index contributed by atoms with van der Waals surface area (Å²) < 4.78 is 7.74. The molecule has 0 radical (unpaired) electrons. The van der Waals surface area contributed by atoms with Crippen LogP contribution >= 0.6 is 11.6 Å². The number of aliphatic hydroxyl groups is 1. The van der Waals surface area contributed by atoms with Gasteiger partial charge in [-0.15, -0.1) is 0 Å². The van der Waals surface area contributed by atoms with Crippen molar-refractivity contribution in [2.24, 2.45) is 18.9 Å². The van der Waals surface area contributed by atoms with E-state index in [0.717, 1.165) is 5.69 Å². The van der Waals surface area contributed by atoms with Gasteiger partial charge in [0, 0.05) is 44.4 Å². The van der Waals surface area contributed by atoms with E-state index in [1.165, 1.54) is 6.08 Å². The van der Waals surface area contributed by atoms with Crippen LogP contribution in [0.3, 0.4) is 0 Å². The first-order valence-electron chi connectivity index (χ1n) is 9.88. The first kappa shape index (κ1) is 21.1. The summed E-state index contributed by atoms with van der Waals surface area (Å²) in [5.41, 5.74) is 1.26. The van der Waals surface area contributed by atoms with E-state index in [0.29, 0.717) is 41.0 Å². The minimum Gasteiger partial charge on any atom is -0.477 e. The van der Waals surface area contributed by atoms with Crippen LogP contribution in [0.5, 0.6) is 5.88 Å². The summed E-state index contributed by atoms with van der Waals surface area (Å²) in [5.74, 6) is 0.308. The SMILES string of the molecule is C=CC(=O)N1C[C@H](COc2nc(Nc3cnn(C)c3)nc3[nH]cc(Cl)c23)[C@@H]([C@H](C)O)C1. The zero-order valence-corrected chi connectivity index (χ0v) is 18.0. The predicted molar refractivity (Wildman–Crippen MR) is 116 cm³/mol. The van der Waals surface area contributed by atoms with Crippen LogP contribution in [0.2, 0.25) is 5.02 Å². The number of carbonyl (C=O) groups excluding carboxylic acids is 1. The van der Waals surface area contributed by atoms with Gasteiger partial charge in [0.2, 0.25) is 17.7 Å². The molecule has 3 atom stereocenters. The van der Waals surface area contributed by atoms with Gasteiger partial charge in [0.1, 0.15) is 5.65 Å². The molecule has 0 unspecified atom stereocenters. The van der Waals surface area contributed by atoms with Crippen molar-refractivity contribution in [1.82, 2.24) is 29.6 Å². The number of nitrogens with one attached hydrogen (secondary N) is 2. The van der Waals surface area contributed by atoms with E-state index in [1.54, 1.807) is 35.1 Å². The summed E-state index contributed by atoms with van der Waals surface area (Å²) in [6.07, 6.45) is 5.78. The molecule has 1 fully saturated rings. The topological polar surface area (TPSA) is 121 Å². The fourth-order valence-electron chi connectivity index (χ4n) is 3.85. The summed E-state index contributed by atoms with van der Waals surface area (Å²) in [5, 5.41) is 18.4. The third kappa shape index (κ3) is 4.35. The second-order valence-electron chi connectivity index (χ2n) is 7.66. The lowest BCUT2D eigenvalue weighted by Gasteiger charge is -2.20. The maximum atomic E-state index is 12.0. The fourth-order valence-corrected chi connectivity index (χ4v) is 4.08. The van der Waals surface area contributed by atoms with Gasteiger partial charge < -0.3 is 25.0 Å². The lowest BCUT2D eigenvalue weighted by Crippen LogP contribution is -2.29. The van der Waals surface area contributed by atoms with E-state index in [1.807, 2.05) is 7.05 Å². The molecule has 0 aromatic carbocycles. The first-order chi connectivity index (χ1) is 14.9. The smallest absolute Gasteiger partial charge is 0.245 e. The molecule has 0 bridgehead atoms. The van der Waals surface area contributed by atoms with E-state index in [-0.39, 0.29) is 24.3 Å². The average Bonchev–Trinajstić information content (AvgIpc) is 3.44. The van der Waals surface area contributed by atoms with Gasteiger partial charge in [-0.25, -0.2) is 0 Å². The van der Waals surface area contributed by atoms with Crippen molar-refractivity contribution in [1.29, 1.82) is 0 Å². The first-order valence-corrected chi connectivity index (χ1v) is 10.3. The monoisotopic (exact) mass is 445 g/mol. The number of anilines is 2. The lowest BCUT2D eigenvalue weighted by molar-refractivity contribution is -0.125. The Balaban J connectivity index is 1.57. The number of nitrogens with zero attached hydrogens (tertiary/aromatic N) is 5. The van der Waals surface area contributed by atoms with E-state index in [9.17, 15) is 9.90 Å². The second-order valence-corrected chi connectivity index (χ2v) is 8.07. The molecular formula is C20H24ClN7O3. The summed E-state index contributed by atoms with van der Waals surface area (Å²) in [6, 6.07) is 0. The third-order valence-corrected chi connectivity index (χ3v) is 5.74. The average molecular weight is 446 g/mol. The number of ether oxygens (including phenoxy) is 1. The molecule has 11 heteroatoms. The number of H-pyrrole nitrogens is 1. The second kappa shape index (κ2) is 8.56. The maximum absolute atomic E-state index is 12.0. The molecule has 1 saturated heterocycles. The third-order valence-electron chi connectivity index (χ3n) is 5.44. The minimum absolute atomic E-state index is 0.0682. The number of hydrogen-bond donors (Lipinski definition) is 3. The molecule has 10 nitrogen and oxygen atoms in total. The molecule has 164 valence electrons. The molecule has 3 aromatic heterocycles. The van der Waals surface area contributed by atoms with Crippen LogP contribution in [-0.2, 0) is 11.8 Å². The Kier molecular flexibility index (Phi) is 5.84. The van der Waals surface area contributed by atoms with Crippen molar-refractivity contribution in [3.8, 4) is 5.88 Å². The minimum atomic E-state index is -0.583. The van der Waals surface area contributed by atoms with Gasteiger partial charge in [-0.3, -0.25) is 9.48 Å². The van der Waals surface area contributed by atoms with Gasteiger partial charge in [-0.1, -0.05) is 18.2 Å². The van der Waals surface area contributed by atoms with Crippen molar-refractivity contribution in [2.75, 3.05) is 25.0 Å². The van der Waals surface area contributed by atoms with Gasteiger partial charge >= 0.3 is 0 Å². The Morgan fingerprint density at radius 2 is 2.32 bits per heavy atom. The Bertz CT molecular complexity index is 1110. The van der Waals surface area contributed by atoms with E-state index in [2.05, 4.69) is 31.9 Å². The molecule has 1 aliphatic rings. The van der Waals surface area contributed by atoms with Crippen molar-refractivity contribution in [3.05, 3.63) is 36.3 Å². The molecule has 1 amide bonds. The van der Waals surface area contributed by atoms with Crippen LogP contribution in [0.4, 0.5) is 11.6 Å². The Hall–Kier alpha value is -3.11. The van der Waals surface area contributed by atoms with Crippen molar-refractivity contribution in [2.45, 2.75) is 13.0 Å². The van der Waals surface area contributed by atoms with Gasteiger partial charge in [-0.05, 0) is 13.0 Å². The molecule has 0 spiro atoms. The summed E-state index contributed by atoms with van der Waals surface area (Å²) in [7, 11) is 1.81. The largest absolute Gasteiger partial charge is 0.477 e. The fraction of sp³-hybridized carbons (Fsp3) is 0.400. The normalized spacial score (nSPS) is 19.5. The number of aliphatic hydroxyl groups excluding tert-OH is 1. The number of carbonyl (C=O) groups is 1. The van der Waals surface area contributed by atoms with Gasteiger partial charge in [-0.2, -0.15) is 15.1 Å². The van der Waals surface area contributed by atoms with Crippen molar-refractivity contribution in [3.63, 3.8) is 0 Å². The van der Waals surface area contributed by atoms with Gasteiger partial charge in [0.05, 0.1) is 35.0 Å². The Morgan fingerprint density at radius 1 is 1.52 bits per heavy atom. The van der Waals surface area contributed by atoms with E-state index in [4.69, 9.17) is 16.3 Å². The van der Waals surface area contributed by atoms with Crippen LogP contribution in [-0.4, -0.2) is 66.4 Å². The van der Waals surface area contributed by atoms with E-state index >= 15 is 0 Å². The zero-order valence-electron chi connectivity index (χ0n) is 17.2. The molecular weight excluding hydrogens is 422 g/mol. The highest BCUT2D eigenvalue weighted by atomic mass is 35.5. The molecule has 1 aliphatic heterocycles. The van der Waals surface area contributed by atoms with Crippen LogP contribution in [0, 0.1) is 11.8 Å². The van der Waals surface area contributed by atoms with Crippen molar-refractivity contribution < 1.29 is 14.6 Å². The number of fused-ring (bicyclic) bond motifs is 1. The van der Waals surface area contributed by atoms with Crippen LogP contribution < -0.4 is 10.1 Å². The molecule has 3 N–H and O–H groups in total. The molecule has 4 rings (SSSR count). The number of aromatic amines is 1. The summed E-state index contributed by atoms with van der Waals surface area (Å²) in [4.78, 5) is 25.7. The molecule has 0 saturated carbocycles. The van der Waals surface area contributed by atoms with Crippen molar-refractivity contribution >= 4 is 40.2 Å². The highest BCUT2D eigenvalue weighted by molar-refractivity contribution is 6.35. The zero-order chi connectivity index (χ0) is 22.1.